The van der Waals surface area contributed by atoms with E-state index in [-0.39, 0.29) is 42.5 Å². The van der Waals surface area contributed by atoms with Crippen LogP contribution in [0, 0.1) is 11.3 Å². The number of rotatable bonds is 8. The molecule has 3 amide bonds. The van der Waals surface area contributed by atoms with Gasteiger partial charge in [-0.2, -0.15) is 0 Å². The predicted octanol–water partition coefficient (Wildman–Crippen LogP) is 6.71. The summed E-state index contributed by atoms with van der Waals surface area (Å²) >= 11 is 0. The van der Waals surface area contributed by atoms with Gasteiger partial charge in [-0.3, -0.25) is 19.3 Å². The lowest BCUT2D eigenvalue weighted by Crippen LogP contribution is -2.45. The quantitative estimate of drug-likeness (QED) is 0.289. The van der Waals surface area contributed by atoms with Crippen molar-refractivity contribution in [1.29, 1.82) is 0 Å². The fourth-order valence-electron chi connectivity index (χ4n) is 7.30. The number of nitrogens with one attached hydrogen (secondary N) is 2. The number of ether oxygens (including phenoxy) is 1. The third kappa shape index (κ3) is 6.05. The third-order valence-corrected chi connectivity index (χ3v) is 9.85. The molecule has 3 aromatic rings. The number of carbonyl (C=O) groups excluding carboxylic acids is 3. The van der Waals surface area contributed by atoms with Crippen LogP contribution in [0.4, 0.5) is 5.69 Å². The molecular formula is C36H43N3O4. The standard InChI is InChI=1S/C36H43N3O4/c1-35(2,3)25-14-17-36(18-15-25)19-16-26(43-36)22-31(40)37-20-21-39-33(41)28-11-7-10-27-30(13-12-29(32(27)28)34(39)42)38-23-24-8-5-4-6-9-24/h4-13,25-26,38H,14-23H2,1-3H3,(H,37,40). The van der Waals surface area contributed by atoms with Crippen LogP contribution in [0.5, 0.6) is 0 Å². The molecule has 2 aliphatic heterocycles. The first-order valence-electron chi connectivity index (χ1n) is 15.8. The normalized spacial score (nSPS) is 23.7. The lowest BCUT2D eigenvalue weighted by Gasteiger charge is -2.42. The Kier molecular flexibility index (Phi) is 8.03. The maximum absolute atomic E-state index is 13.5. The molecule has 2 N–H and O–H groups in total. The van der Waals surface area contributed by atoms with Crippen molar-refractivity contribution in [3.63, 3.8) is 0 Å². The summed E-state index contributed by atoms with van der Waals surface area (Å²) in [5.74, 6) is -0.0328. The largest absolute Gasteiger partial charge is 0.380 e. The number of benzene rings is 3. The number of carbonyl (C=O) groups is 3. The number of hydrogen-bond acceptors (Lipinski definition) is 5. The molecule has 1 aliphatic carbocycles. The maximum atomic E-state index is 13.5. The summed E-state index contributed by atoms with van der Waals surface area (Å²) in [5, 5.41) is 7.92. The minimum Gasteiger partial charge on any atom is -0.380 e. The van der Waals surface area contributed by atoms with Crippen LogP contribution >= 0.6 is 0 Å². The Morgan fingerprint density at radius 2 is 1.60 bits per heavy atom. The van der Waals surface area contributed by atoms with Crippen LogP contribution in [0.15, 0.2) is 60.7 Å². The predicted molar refractivity (Wildman–Crippen MR) is 169 cm³/mol. The molecule has 1 atom stereocenters. The molecule has 7 heteroatoms. The number of amides is 3. The van der Waals surface area contributed by atoms with Gasteiger partial charge in [0.05, 0.1) is 18.1 Å². The number of nitrogens with zero attached hydrogens (tertiary/aromatic N) is 1. The highest BCUT2D eigenvalue weighted by Crippen LogP contribution is 2.48. The molecular weight excluding hydrogens is 538 g/mol. The zero-order chi connectivity index (χ0) is 30.2. The molecule has 6 rings (SSSR count). The van der Waals surface area contributed by atoms with E-state index >= 15 is 0 Å². The van der Waals surface area contributed by atoms with Gasteiger partial charge in [0, 0.05) is 47.2 Å². The average Bonchev–Trinajstić information content (AvgIpc) is 3.37. The van der Waals surface area contributed by atoms with Crippen LogP contribution in [-0.2, 0) is 16.1 Å². The van der Waals surface area contributed by atoms with Crippen LogP contribution in [0.2, 0.25) is 0 Å². The molecule has 0 aromatic heterocycles. The van der Waals surface area contributed by atoms with Crippen molar-refractivity contribution in [3.8, 4) is 0 Å². The van der Waals surface area contributed by atoms with E-state index in [4.69, 9.17) is 4.74 Å². The molecule has 7 nitrogen and oxygen atoms in total. The van der Waals surface area contributed by atoms with E-state index in [1.54, 1.807) is 12.1 Å². The molecule has 0 radical (unpaired) electrons. The van der Waals surface area contributed by atoms with Crippen molar-refractivity contribution >= 4 is 34.2 Å². The van der Waals surface area contributed by atoms with Crippen molar-refractivity contribution in [2.45, 2.75) is 84.0 Å². The maximum Gasteiger partial charge on any atom is 0.261 e. The number of anilines is 1. The van der Waals surface area contributed by atoms with Crippen molar-refractivity contribution < 1.29 is 19.1 Å². The van der Waals surface area contributed by atoms with Gasteiger partial charge in [0.15, 0.2) is 0 Å². The fourth-order valence-corrected chi connectivity index (χ4v) is 7.30. The molecule has 226 valence electrons. The van der Waals surface area contributed by atoms with Crippen LogP contribution in [0.1, 0.15) is 92.0 Å². The van der Waals surface area contributed by atoms with Gasteiger partial charge < -0.3 is 15.4 Å². The average molecular weight is 582 g/mol. The molecule has 3 aromatic carbocycles. The first-order valence-corrected chi connectivity index (χ1v) is 15.8. The van der Waals surface area contributed by atoms with E-state index in [1.807, 2.05) is 36.4 Å². The Labute approximate surface area is 254 Å². The summed E-state index contributed by atoms with van der Waals surface area (Å²) in [6, 6.07) is 19.4. The van der Waals surface area contributed by atoms with Crippen LogP contribution in [0.25, 0.3) is 10.8 Å². The molecule has 3 aliphatic rings. The van der Waals surface area contributed by atoms with E-state index in [2.05, 4.69) is 43.5 Å². The third-order valence-electron chi connectivity index (χ3n) is 9.85. The van der Waals surface area contributed by atoms with Gasteiger partial charge in [0.1, 0.15) is 0 Å². The second kappa shape index (κ2) is 11.8. The zero-order valence-electron chi connectivity index (χ0n) is 25.6. The van der Waals surface area contributed by atoms with Crippen molar-refractivity contribution in [2.24, 2.45) is 11.3 Å². The topological polar surface area (TPSA) is 87.7 Å². The van der Waals surface area contributed by atoms with Gasteiger partial charge in [0.2, 0.25) is 5.91 Å². The molecule has 2 fully saturated rings. The number of hydrogen-bond donors (Lipinski definition) is 2. The first-order chi connectivity index (χ1) is 20.6. The fraction of sp³-hybridized carbons (Fsp3) is 0.472. The number of imide groups is 1. The summed E-state index contributed by atoms with van der Waals surface area (Å²) in [7, 11) is 0. The highest BCUT2D eigenvalue weighted by atomic mass is 16.5. The van der Waals surface area contributed by atoms with Gasteiger partial charge in [-0.15, -0.1) is 0 Å². The van der Waals surface area contributed by atoms with Gasteiger partial charge in [-0.1, -0.05) is 63.2 Å². The van der Waals surface area contributed by atoms with E-state index in [0.717, 1.165) is 48.2 Å². The molecule has 1 saturated heterocycles. The summed E-state index contributed by atoms with van der Waals surface area (Å²) in [5.41, 5.74) is 3.30. The highest BCUT2D eigenvalue weighted by molar-refractivity contribution is 6.26. The monoisotopic (exact) mass is 581 g/mol. The van der Waals surface area contributed by atoms with E-state index in [0.29, 0.717) is 34.9 Å². The SMILES string of the molecule is CC(C)(C)C1CCC2(CCC(CC(=O)NCCN3C(=O)c4cccc5c(NCc6ccccc6)ccc(c45)C3=O)O2)CC1. The summed E-state index contributed by atoms with van der Waals surface area (Å²) < 4.78 is 6.49. The molecule has 2 heterocycles. The minimum atomic E-state index is -0.329. The Bertz CT molecular complexity index is 1500. The molecule has 1 spiro atoms. The molecule has 1 unspecified atom stereocenters. The first kappa shape index (κ1) is 29.4. The minimum absolute atomic E-state index is 0.0648. The molecule has 1 saturated carbocycles. The van der Waals surface area contributed by atoms with Crippen molar-refractivity contribution in [2.75, 3.05) is 18.4 Å². The van der Waals surface area contributed by atoms with Crippen LogP contribution in [-0.4, -0.2) is 47.4 Å². The van der Waals surface area contributed by atoms with E-state index in [1.165, 1.54) is 17.7 Å². The lowest BCUT2D eigenvalue weighted by atomic mass is 9.68. The second-order valence-corrected chi connectivity index (χ2v) is 13.6. The van der Waals surface area contributed by atoms with Crippen molar-refractivity contribution in [3.05, 3.63) is 77.4 Å². The van der Waals surface area contributed by atoms with Gasteiger partial charge in [-0.05, 0) is 73.6 Å². The van der Waals surface area contributed by atoms with Crippen molar-refractivity contribution in [1.82, 2.24) is 10.2 Å². The van der Waals surface area contributed by atoms with Crippen LogP contribution < -0.4 is 10.6 Å². The van der Waals surface area contributed by atoms with E-state index in [9.17, 15) is 14.4 Å². The Balaban J connectivity index is 1.04. The van der Waals surface area contributed by atoms with Gasteiger partial charge in [-0.25, -0.2) is 0 Å². The Morgan fingerprint density at radius 3 is 2.33 bits per heavy atom. The van der Waals surface area contributed by atoms with Gasteiger partial charge >= 0.3 is 0 Å². The second-order valence-electron chi connectivity index (χ2n) is 13.6. The molecule has 43 heavy (non-hydrogen) atoms. The Morgan fingerprint density at radius 1 is 0.907 bits per heavy atom. The van der Waals surface area contributed by atoms with Gasteiger partial charge in [0.25, 0.3) is 11.8 Å². The smallest absolute Gasteiger partial charge is 0.261 e. The summed E-state index contributed by atoms with van der Waals surface area (Å²) in [4.78, 5) is 41.0. The lowest BCUT2D eigenvalue weighted by molar-refractivity contribution is -0.127. The van der Waals surface area contributed by atoms with Crippen LogP contribution in [0.3, 0.4) is 0 Å². The summed E-state index contributed by atoms with van der Waals surface area (Å²) in [6.07, 6.45) is 6.68. The highest BCUT2D eigenvalue weighted by Gasteiger charge is 2.45. The molecule has 0 bridgehead atoms. The summed E-state index contributed by atoms with van der Waals surface area (Å²) in [6.45, 7) is 7.94. The van der Waals surface area contributed by atoms with E-state index < -0.39 is 0 Å². The Hall–Kier alpha value is -3.71. The zero-order valence-corrected chi connectivity index (χ0v) is 25.6.